The van der Waals surface area contributed by atoms with Gasteiger partial charge in [0, 0.05) is 28.2 Å². The molecule has 0 aliphatic heterocycles. The quantitative estimate of drug-likeness (QED) is 0.595. The number of fused-ring (bicyclic) bond motifs is 1. The van der Waals surface area contributed by atoms with Crippen LogP contribution in [0.5, 0.6) is 0 Å². The second-order valence-corrected chi connectivity index (χ2v) is 7.34. The van der Waals surface area contributed by atoms with Gasteiger partial charge in [0.25, 0.3) is 5.91 Å². The minimum Gasteiger partial charge on any atom is -0.346 e. The van der Waals surface area contributed by atoms with E-state index in [0.717, 1.165) is 21.1 Å². The molecule has 0 fully saturated rings. The van der Waals surface area contributed by atoms with Gasteiger partial charge in [-0.15, -0.1) is 22.7 Å². The van der Waals surface area contributed by atoms with E-state index < -0.39 is 0 Å². The lowest BCUT2D eigenvalue weighted by atomic mass is 10.2. The summed E-state index contributed by atoms with van der Waals surface area (Å²) in [5, 5.41) is 8.77. The molecular weight excluding hydrogens is 338 g/mol. The number of amides is 1. The average Bonchev–Trinajstić information content (AvgIpc) is 3.33. The molecule has 0 spiro atoms. The fraction of sp³-hybridized carbons (Fsp3) is 0.111. The number of carbonyl (C=O) groups is 1. The number of hydrogen-bond acceptors (Lipinski definition) is 4. The largest absolute Gasteiger partial charge is 0.346 e. The fourth-order valence-electron chi connectivity index (χ4n) is 2.66. The Morgan fingerprint density at radius 1 is 1.21 bits per heavy atom. The van der Waals surface area contributed by atoms with Gasteiger partial charge >= 0.3 is 0 Å². The summed E-state index contributed by atoms with van der Waals surface area (Å²) in [4.78, 5) is 17.9. The first-order valence-corrected chi connectivity index (χ1v) is 9.29. The molecule has 120 valence electrons. The van der Waals surface area contributed by atoms with E-state index in [2.05, 4.69) is 33.1 Å². The third kappa shape index (κ3) is 2.74. The number of thiophene rings is 1. The van der Waals surface area contributed by atoms with Crippen molar-refractivity contribution in [1.82, 2.24) is 14.9 Å². The maximum Gasteiger partial charge on any atom is 0.271 e. The highest BCUT2D eigenvalue weighted by molar-refractivity contribution is 7.13. The Labute approximate surface area is 147 Å². The number of thiazole rings is 1. The Hall–Kier alpha value is -2.44. The summed E-state index contributed by atoms with van der Waals surface area (Å²) < 4.78 is 2.11. The summed E-state index contributed by atoms with van der Waals surface area (Å²) in [5.74, 6) is -0.135. The smallest absolute Gasteiger partial charge is 0.271 e. The number of nitrogens with one attached hydrogen (secondary N) is 1. The minimum absolute atomic E-state index is 0.135. The number of nitrogens with zero attached hydrogens (tertiary/aromatic N) is 2. The fourth-order valence-corrected chi connectivity index (χ4v) is 4.16. The Kier molecular flexibility index (Phi) is 3.92. The summed E-state index contributed by atoms with van der Waals surface area (Å²) >= 11 is 3.12. The van der Waals surface area contributed by atoms with Crippen LogP contribution in [-0.4, -0.2) is 15.5 Å². The molecule has 1 N–H and O–H groups in total. The molecule has 0 saturated carbocycles. The predicted octanol–water partition coefficient (Wildman–Crippen LogP) is 4.29. The molecule has 4 rings (SSSR count). The first-order chi connectivity index (χ1) is 11.7. The van der Waals surface area contributed by atoms with Crippen LogP contribution in [-0.2, 0) is 13.6 Å². The molecule has 0 saturated heterocycles. The van der Waals surface area contributed by atoms with Crippen molar-refractivity contribution < 1.29 is 4.79 Å². The Morgan fingerprint density at radius 3 is 2.88 bits per heavy atom. The van der Waals surface area contributed by atoms with E-state index in [9.17, 15) is 4.79 Å². The average molecular weight is 353 g/mol. The van der Waals surface area contributed by atoms with Gasteiger partial charge in [0.2, 0.25) is 0 Å². The summed E-state index contributed by atoms with van der Waals surface area (Å²) in [6.45, 7) is 0.539. The highest BCUT2D eigenvalue weighted by atomic mass is 32.1. The number of rotatable bonds is 4. The number of para-hydroxylation sites is 1. The Morgan fingerprint density at radius 2 is 2.08 bits per heavy atom. The third-order valence-corrected chi connectivity index (χ3v) is 5.65. The van der Waals surface area contributed by atoms with E-state index in [1.165, 1.54) is 16.7 Å². The van der Waals surface area contributed by atoms with Gasteiger partial charge in [-0.25, -0.2) is 4.98 Å². The van der Waals surface area contributed by atoms with Gasteiger partial charge in [0.1, 0.15) is 10.7 Å². The van der Waals surface area contributed by atoms with Crippen LogP contribution in [0, 0.1) is 0 Å². The van der Waals surface area contributed by atoms with Crippen LogP contribution in [0.25, 0.3) is 21.6 Å². The van der Waals surface area contributed by atoms with Crippen LogP contribution >= 0.6 is 22.7 Å². The molecule has 24 heavy (non-hydrogen) atoms. The molecule has 3 heterocycles. The zero-order valence-electron chi connectivity index (χ0n) is 13.0. The summed E-state index contributed by atoms with van der Waals surface area (Å²) in [5.41, 5.74) is 2.65. The van der Waals surface area contributed by atoms with Gasteiger partial charge in [-0.3, -0.25) is 4.79 Å². The Balaban J connectivity index is 1.57. The van der Waals surface area contributed by atoms with Crippen LogP contribution in [0.2, 0.25) is 0 Å². The van der Waals surface area contributed by atoms with Crippen molar-refractivity contribution in [1.29, 1.82) is 0 Å². The lowest BCUT2D eigenvalue weighted by Crippen LogP contribution is -2.22. The van der Waals surface area contributed by atoms with Gasteiger partial charge < -0.3 is 9.88 Å². The molecule has 0 radical (unpaired) electrons. The molecular formula is C18H15N3OS2. The van der Waals surface area contributed by atoms with Crippen molar-refractivity contribution in [3.63, 3.8) is 0 Å². The third-order valence-electron chi connectivity index (χ3n) is 3.91. The zero-order valence-corrected chi connectivity index (χ0v) is 14.7. The molecule has 0 unspecified atom stereocenters. The van der Waals surface area contributed by atoms with Gasteiger partial charge in [-0.2, -0.15) is 0 Å². The Bertz CT molecular complexity index is 999. The normalized spacial score (nSPS) is 11.0. The molecule has 0 bridgehead atoms. The highest BCUT2D eigenvalue weighted by Crippen LogP contribution is 2.29. The van der Waals surface area contributed by atoms with Crippen molar-refractivity contribution in [2.75, 3.05) is 0 Å². The number of aromatic nitrogens is 2. The van der Waals surface area contributed by atoms with Crippen LogP contribution in [0.3, 0.4) is 0 Å². The molecule has 0 aliphatic carbocycles. The maximum absolute atomic E-state index is 12.3. The predicted molar refractivity (Wildman–Crippen MR) is 99.5 cm³/mol. The maximum atomic E-state index is 12.3. The van der Waals surface area contributed by atoms with Gasteiger partial charge in [-0.1, -0.05) is 24.3 Å². The van der Waals surface area contributed by atoms with E-state index >= 15 is 0 Å². The molecule has 6 heteroatoms. The lowest BCUT2D eigenvalue weighted by Gasteiger charge is -2.01. The standard InChI is InChI=1S/C18H15N3OS2/c1-21-15-7-3-2-5-12(15)9-16(21)18-20-14(11-24-18)17(22)19-10-13-6-4-8-23-13/h2-9,11H,10H2,1H3,(H,19,22). The SMILES string of the molecule is Cn1c(-c2nc(C(=O)NCc3cccs3)cs2)cc2ccccc21. The van der Waals surface area contributed by atoms with E-state index in [1.807, 2.05) is 42.1 Å². The summed E-state index contributed by atoms with van der Waals surface area (Å²) in [7, 11) is 2.02. The molecule has 4 aromatic rings. The minimum atomic E-state index is -0.135. The van der Waals surface area contributed by atoms with Crippen LogP contribution in [0.4, 0.5) is 0 Å². The zero-order chi connectivity index (χ0) is 16.5. The van der Waals surface area contributed by atoms with E-state index in [1.54, 1.807) is 11.3 Å². The lowest BCUT2D eigenvalue weighted by molar-refractivity contribution is 0.0947. The van der Waals surface area contributed by atoms with Gasteiger partial charge in [-0.05, 0) is 23.6 Å². The monoisotopic (exact) mass is 353 g/mol. The van der Waals surface area contributed by atoms with Crippen molar-refractivity contribution >= 4 is 39.5 Å². The number of carbonyl (C=O) groups excluding carboxylic acids is 1. The molecule has 1 aromatic carbocycles. The molecule has 4 nitrogen and oxygen atoms in total. The summed E-state index contributed by atoms with van der Waals surface area (Å²) in [6.07, 6.45) is 0. The highest BCUT2D eigenvalue weighted by Gasteiger charge is 2.15. The van der Waals surface area contributed by atoms with E-state index in [4.69, 9.17) is 0 Å². The molecule has 3 aromatic heterocycles. The summed E-state index contributed by atoms with van der Waals surface area (Å²) in [6, 6.07) is 14.3. The second-order valence-electron chi connectivity index (χ2n) is 5.45. The second kappa shape index (κ2) is 6.22. The van der Waals surface area contributed by atoms with Gasteiger partial charge in [0.05, 0.1) is 12.2 Å². The van der Waals surface area contributed by atoms with Crippen molar-refractivity contribution in [2.45, 2.75) is 6.54 Å². The van der Waals surface area contributed by atoms with Crippen molar-refractivity contribution in [3.8, 4) is 10.7 Å². The number of hydrogen-bond donors (Lipinski definition) is 1. The van der Waals surface area contributed by atoms with E-state index in [0.29, 0.717) is 12.2 Å². The van der Waals surface area contributed by atoms with Crippen LogP contribution < -0.4 is 5.32 Å². The number of benzene rings is 1. The van der Waals surface area contributed by atoms with Gasteiger partial charge in [0.15, 0.2) is 0 Å². The van der Waals surface area contributed by atoms with Crippen LogP contribution in [0.15, 0.2) is 53.2 Å². The van der Waals surface area contributed by atoms with Crippen molar-refractivity contribution in [3.05, 3.63) is 63.8 Å². The van der Waals surface area contributed by atoms with Crippen LogP contribution in [0.1, 0.15) is 15.4 Å². The molecule has 1 amide bonds. The number of aryl methyl sites for hydroxylation is 1. The van der Waals surface area contributed by atoms with Crippen molar-refractivity contribution in [2.24, 2.45) is 7.05 Å². The first kappa shape index (κ1) is 15.1. The molecule has 0 atom stereocenters. The first-order valence-electron chi connectivity index (χ1n) is 7.53. The topological polar surface area (TPSA) is 46.9 Å². The van der Waals surface area contributed by atoms with E-state index in [-0.39, 0.29) is 5.91 Å². The molecule has 0 aliphatic rings.